The second kappa shape index (κ2) is 5.06. The number of benzene rings is 1. The van der Waals surface area contributed by atoms with E-state index >= 15 is 0 Å². The highest BCUT2D eigenvalue weighted by Crippen LogP contribution is 2.33. The summed E-state index contributed by atoms with van der Waals surface area (Å²) in [6, 6.07) is 2.69. The molecule has 0 bridgehead atoms. The Kier molecular flexibility index (Phi) is 4.12. The number of carbonyl (C=O) groups is 1. The Labute approximate surface area is 106 Å². The molecule has 0 radical (unpaired) electrons. The number of halogens is 1. The molecular weight excluding hydrogens is 235 g/mol. The van der Waals surface area contributed by atoms with Crippen molar-refractivity contribution in [2.75, 3.05) is 0 Å². The SMILES string of the molecule is Cc1cc(F)cc(C)c1C(O)CC(C)(C)C(=O)O. The molecular formula is C14H19FO3. The summed E-state index contributed by atoms with van der Waals surface area (Å²) >= 11 is 0. The molecule has 0 aromatic heterocycles. The van der Waals surface area contributed by atoms with Gasteiger partial charge in [0.1, 0.15) is 5.82 Å². The third-order valence-electron chi connectivity index (χ3n) is 3.17. The van der Waals surface area contributed by atoms with Gasteiger partial charge < -0.3 is 10.2 Å². The van der Waals surface area contributed by atoms with Crippen molar-refractivity contribution in [1.29, 1.82) is 0 Å². The minimum Gasteiger partial charge on any atom is -0.481 e. The van der Waals surface area contributed by atoms with E-state index in [1.807, 2.05) is 0 Å². The molecule has 1 aromatic rings. The molecule has 1 rings (SSSR count). The third kappa shape index (κ3) is 3.07. The van der Waals surface area contributed by atoms with E-state index in [9.17, 15) is 14.3 Å². The van der Waals surface area contributed by atoms with Gasteiger partial charge in [-0.15, -0.1) is 0 Å². The number of hydrogen-bond acceptors (Lipinski definition) is 2. The van der Waals surface area contributed by atoms with Crippen molar-refractivity contribution in [3.8, 4) is 0 Å². The minimum absolute atomic E-state index is 0.0929. The largest absolute Gasteiger partial charge is 0.481 e. The standard InChI is InChI=1S/C14H19FO3/c1-8-5-10(15)6-9(2)12(8)11(16)7-14(3,4)13(17)18/h5-6,11,16H,7H2,1-4H3,(H,17,18). The maximum absolute atomic E-state index is 13.2. The van der Waals surface area contributed by atoms with E-state index in [1.165, 1.54) is 12.1 Å². The molecule has 1 unspecified atom stereocenters. The predicted molar refractivity (Wildman–Crippen MR) is 66.9 cm³/mol. The molecule has 0 aliphatic carbocycles. The smallest absolute Gasteiger partial charge is 0.309 e. The zero-order chi connectivity index (χ0) is 14.1. The molecule has 100 valence electrons. The van der Waals surface area contributed by atoms with E-state index in [0.29, 0.717) is 16.7 Å². The number of hydrogen-bond donors (Lipinski definition) is 2. The zero-order valence-electron chi connectivity index (χ0n) is 11.1. The Bertz CT molecular complexity index is 443. The van der Waals surface area contributed by atoms with Crippen molar-refractivity contribution < 1.29 is 19.4 Å². The Morgan fingerprint density at radius 3 is 2.17 bits per heavy atom. The summed E-state index contributed by atoms with van der Waals surface area (Å²) < 4.78 is 13.2. The molecule has 1 aromatic carbocycles. The van der Waals surface area contributed by atoms with Crippen LogP contribution in [0, 0.1) is 25.1 Å². The highest BCUT2D eigenvalue weighted by molar-refractivity contribution is 5.73. The van der Waals surface area contributed by atoms with Gasteiger partial charge >= 0.3 is 5.97 Å². The molecule has 1 atom stereocenters. The van der Waals surface area contributed by atoms with Crippen LogP contribution < -0.4 is 0 Å². The van der Waals surface area contributed by atoms with Gasteiger partial charge in [-0.2, -0.15) is 0 Å². The van der Waals surface area contributed by atoms with E-state index < -0.39 is 17.5 Å². The summed E-state index contributed by atoms with van der Waals surface area (Å²) in [5.74, 6) is -1.31. The van der Waals surface area contributed by atoms with Crippen LogP contribution in [-0.2, 0) is 4.79 Å². The van der Waals surface area contributed by atoms with E-state index in [-0.39, 0.29) is 12.2 Å². The summed E-state index contributed by atoms with van der Waals surface area (Å²) in [6.45, 7) is 6.55. The maximum atomic E-state index is 13.2. The number of aryl methyl sites for hydroxylation is 2. The van der Waals surface area contributed by atoms with Crippen molar-refractivity contribution in [3.05, 3.63) is 34.6 Å². The molecule has 18 heavy (non-hydrogen) atoms. The minimum atomic E-state index is -1.02. The van der Waals surface area contributed by atoms with Gasteiger partial charge in [-0.25, -0.2) is 4.39 Å². The molecule has 0 fully saturated rings. The second-order valence-corrected chi connectivity index (χ2v) is 5.36. The number of rotatable bonds is 4. The average molecular weight is 254 g/mol. The van der Waals surface area contributed by atoms with Crippen LogP contribution in [0.5, 0.6) is 0 Å². The molecule has 0 amide bonds. The monoisotopic (exact) mass is 254 g/mol. The molecule has 2 N–H and O–H groups in total. The van der Waals surface area contributed by atoms with E-state index in [4.69, 9.17) is 5.11 Å². The molecule has 0 aliphatic rings. The maximum Gasteiger partial charge on any atom is 0.309 e. The third-order valence-corrected chi connectivity index (χ3v) is 3.17. The topological polar surface area (TPSA) is 57.5 Å². The van der Waals surface area contributed by atoms with Gasteiger partial charge in [0.15, 0.2) is 0 Å². The van der Waals surface area contributed by atoms with Gasteiger partial charge in [0, 0.05) is 0 Å². The van der Waals surface area contributed by atoms with Crippen molar-refractivity contribution in [2.45, 2.75) is 40.2 Å². The van der Waals surface area contributed by atoms with Crippen LogP contribution in [0.2, 0.25) is 0 Å². The molecule has 3 nitrogen and oxygen atoms in total. The average Bonchev–Trinajstić information content (AvgIpc) is 2.13. The summed E-state index contributed by atoms with van der Waals surface area (Å²) in [4.78, 5) is 11.0. The molecule has 4 heteroatoms. The Morgan fingerprint density at radius 2 is 1.78 bits per heavy atom. The molecule has 0 spiro atoms. The summed E-state index contributed by atoms with van der Waals surface area (Å²) in [7, 11) is 0. The van der Waals surface area contributed by atoms with Crippen LogP contribution in [0.3, 0.4) is 0 Å². The first kappa shape index (κ1) is 14.6. The number of carboxylic acid groups (broad SMARTS) is 1. The Hall–Kier alpha value is -1.42. The lowest BCUT2D eigenvalue weighted by Gasteiger charge is -2.25. The first-order chi connectivity index (χ1) is 8.15. The lowest BCUT2D eigenvalue weighted by molar-refractivity contribution is -0.148. The summed E-state index contributed by atoms with van der Waals surface area (Å²) in [5.41, 5.74) is 0.875. The fourth-order valence-corrected chi connectivity index (χ4v) is 2.12. The van der Waals surface area contributed by atoms with E-state index in [1.54, 1.807) is 27.7 Å². The number of aliphatic carboxylic acids is 1. The van der Waals surface area contributed by atoms with Gasteiger partial charge in [0.2, 0.25) is 0 Å². The normalized spacial score (nSPS) is 13.4. The molecule has 0 saturated carbocycles. The van der Waals surface area contributed by atoms with Gasteiger partial charge in [-0.1, -0.05) is 0 Å². The van der Waals surface area contributed by atoms with Crippen molar-refractivity contribution >= 4 is 5.97 Å². The predicted octanol–water partition coefficient (Wildman–Crippen LogP) is 2.98. The van der Waals surface area contributed by atoms with Crippen LogP contribution in [0.4, 0.5) is 4.39 Å². The number of aliphatic hydroxyl groups excluding tert-OH is 1. The van der Waals surface area contributed by atoms with Crippen LogP contribution >= 0.6 is 0 Å². The fraction of sp³-hybridized carbons (Fsp3) is 0.500. The molecule has 0 aliphatic heterocycles. The first-order valence-electron chi connectivity index (χ1n) is 5.83. The van der Waals surface area contributed by atoms with Gasteiger partial charge in [-0.05, 0) is 62.9 Å². The van der Waals surface area contributed by atoms with Crippen LogP contribution in [0.1, 0.15) is 43.1 Å². The lowest BCUT2D eigenvalue weighted by Crippen LogP contribution is -2.26. The van der Waals surface area contributed by atoms with E-state index in [0.717, 1.165) is 0 Å². The first-order valence-corrected chi connectivity index (χ1v) is 5.83. The van der Waals surface area contributed by atoms with Crippen molar-refractivity contribution in [2.24, 2.45) is 5.41 Å². The summed E-state index contributed by atoms with van der Waals surface area (Å²) in [5, 5.41) is 19.2. The number of carboxylic acids is 1. The Morgan fingerprint density at radius 1 is 1.33 bits per heavy atom. The van der Waals surface area contributed by atoms with Gasteiger partial charge in [0.25, 0.3) is 0 Å². The van der Waals surface area contributed by atoms with Crippen LogP contribution in [0.25, 0.3) is 0 Å². The lowest BCUT2D eigenvalue weighted by atomic mass is 9.83. The van der Waals surface area contributed by atoms with Crippen molar-refractivity contribution in [1.82, 2.24) is 0 Å². The number of aliphatic hydroxyl groups is 1. The zero-order valence-corrected chi connectivity index (χ0v) is 11.1. The van der Waals surface area contributed by atoms with Gasteiger partial charge in [-0.3, -0.25) is 4.79 Å². The van der Waals surface area contributed by atoms with Crippen LogP contribution in [-0.4, -0.2) is 16.2 Å². The molecule has 0 saturated heterocycles. The van der Waals surface area contributed by atoms with Crippen molar-refractivity contribution in [3.63, 3.8) is 0 Å². The summed E-state index contributed by atoms with van der Waals surface area (Å²) in [6.07, 6.45) is -0.813. The fourth-order valence-electron chi connectivity index (χ4n) is 2.12. The highest BCUT2D eigenvalue weighted by atomic mass is 19.1. The Balaban J connectivity index is 3.05. The highest BCUT2D eigenvalue weighted by Gasteiger charge is 2.31. The van der Waals surface area contributed by atoms with E-state index in [2.05, 4.69) is 0 Å². The van der Waals surface area contributed by atoms with Gasteiger partial charge in [0.05, 0.1) is 11.5 Å². The quantitative estimate of drug-likeness (QED) is 0.868. The molecule has 0 heterocycles. The second-order valence-electron chi connectivity index (χ2n) is 5.36. The van der Waals surface area contributed by atoms with Crippen LogP contribution in [0.15, 0.2) is 12.1 Å².